The molecule has 0 heterocycles. The van der Waals surface area contributed by atoms with Crippen LogP contribution < -0.4 is 15.4 Å². The molecule has 0 aromatic rings. The van der Waals surface area contributed by atoms with Crippen molar-refractivity contribution in [1.82, 2.24) is 15.4 Å². The van der Waals surface area contributed by atoms with Crippen molar-refractivity contribution in [3.8, 4) is 0 Å². The molecule has 1 fully saturated rings. The lowest BCUT2D eigenvalue weighted by molar-refractivity contribution is 0.283. The van der Waals surface area contributed by atoms with E-state index in [-0.39, 0.29) is 0 Å². The number of guanidine groups is 1. The first-order valence-corrected chi connectivity index (χ1v) is 9.69. The molecule has 1 saturated carbocycles. The van der Waals surface area contributed by atoms with Crippen LogP contribution in [0.5, 0.6) is 0 Å². The molecule has 3 N–H and O–H groups in total. The minimum Gasteiger partial charge on any atom is -0.356 e. The van der Waals surface area contributed by atoms with Gasteiger partial charge in [0.15, 0.2) is 5.96 Å². The number of hydrogen-bond donors (Lipinski definition) is 3. The van der Waals surface area contributed by atoms with Crippen LogP contribution in [0.1, 0.15) is 45.4 Å². The Morgan fingerprint density at radius 3 is 2.38 bits per heavy atom. The molecule has 124 valence electrons. The standard InChI is InChI=1S/C14H30N4O2S/c1-4-14(8-5-6-9-14)12-17-13(15-2)16-10-7-11-18-21(3,19)20/h18H,4-12H2,1-3H3,(H2,15,16,17). The monoisotopic (exact) mass is 318 g/mol. The highest BCUT2D eigenvalue weighted by molar-refractivity contribution is 7.88. The number of sulfonamides is 1. The van der Waals surface area contributed by atoms with Gasteiger partial charge in [-0.05, 0) is 31.1 Å². The van der Waals surface area contributed by atoms with Crippen LogP contribution in [-0.2, 0) is 10.0 Å². The average Bonchev–Trinajstić information content (AvgIpc) is 2.90. The first kappa shape index (κ1) is 18.2. The van der Waals surface area contributed by atoms with Gasteiger partial charge in [0.05, 0.1) is 6.26 Å². The molecule has 0 atom stereocenters. The van der Waals surface area contributed by atoms with Gasteiger partial charge in [-0.25, -0.2) is 13.1 Å². The molecule has 0 aromatic heterocycles. The summed E-state index contributed by atoms with van der Waals surface area (Å²) in [6.07, 6.45) is 8.36. The van der Waals surface area contributed by atoms with Gasteiger partial charge in [0.1, 0.15) is 0 Å². The van der Waals surface area contributed by atoms with Crippen molar-refractivity contribution in [3.05, 3.63) is 0 Å². The normalized spacial score (nSPS) is 18.7. The second kappa shape index (κ2) is 8.58. The summed E-state index contributed by atoms with van der Waals surface area (Å²) in [5.74, 6) is 0.800. The topological polar surface area (TPSA) is 82.6 Å². The SMILES string of the molecule is CCC1(CNC(=NC)NCCCNS(C)(=O)=O)CCCC1. The number of nitrogens with zero attached hydrogens (tertiary/aromatic N) is 1. The van der Waals surface area contributed by atoms with Gasteiger partial charge in [0.2, 0.25) is 10.0 Å². The molecule has 6 nitrogen and oxygen atoms in total. The van der Waals surface area contributed by atoms with Crippen LogP contribution >= 0.6 is 0 Å². The third-order valence-electron chi connectivity index (χ3n) is 4.28. The molecule has 0 saturated heterocycles. The third-order valence-corrected chi connectivity index (χ3v) is 5.01. The number of hydrogen-bond acceptors (Lipinski definition) is 3. The number of rotatable bonds is 8. The third kappa shape index (κ3) is 7.13. The highest BCUT2D eigenvalue weighted by Gasteiger charge is 2.31. The van der Waals surface area contributed by atoms with Gasteiger partial charge < -0.3 is 10.6 Å². The summed E-state index contributed by atoms with van der Waals surface area (Å²) in [5, 5.41) is 6.64. The molecule has 1 aliphatic carbocycles. The van der Waals surface area contributed by atoms with Crippen molar-refractivity contribution >= 4 is 16.0 Å². The number of aliphatic imine (C=N–C) groups is 1. The maximum Gasteiger partial charge on any atom is 0.208 e. The van der Waals surface area contributed by atoms with Crippen LogP contribution in [0.15, 0.2) is 4.99 Å². The van der Waals surface area contributed by atoms with E-state index in [1.165, 1.54) is 38.4 Å². The molecular weight excluding hydrogens is 288 g/mol. The van der Waals surface area contributed by atoms with E-state index in [9.17, 15) is 8.42 Å². The lowest BCUT2D eigenvalue weighted by Crippen LogP contribution is -2.43. The minimum absolute atomic E-state index is 0.426. The molecule has 0 amide bonds. The summed E-state index contributed by atoms with van der Waals surface area (Å²) in [6.45, 7) is 4.37. The van der Waals surface area contributed by atoms with Gasteiger partial charge in [-0.2, -0.15) is 0 Å². The maximum atomic E-state index is 10.9. The van der Waals surface area contributed by atoms with E-state index in [0.717, 1.165) is 18.9 Å². The molecule has 7 heteroatoms. The first-order chi connectivity index (χ1) is 9.91. The largest absolute Gasteiger partial charge is 0.356 e. The quantitative estimate of drug-likeness (QED) is 0.355. The summed E-state index contributed by atoms with van der Waals surface area (Å²) < 4.78 is 24.3. The molecule has 1 rings (SSSR count). The molecule has 0 bridgehead atoms. The van der Waals surface area contributed by atoms with Crippen molar-refractivity contribution in [2.24, 2.45) is 10.4 Å². The van der Waals surface area contributed by atoms with Crippen LogP contribution in [0.2, 0.25) is 0 Å². The van der Waals surface area contributed by atoms with Gasteiger partial charge in [0, 0.05) is 26.7 Å². The predicted molar refractivity (Wildman–Crippen MR) is 88.0 cm³/mol. The van der Waals surface area contributed by atoms with Crippen molar-refractivity contribution in [2.45, 2.75) is 45.4 Å². The molecule has 0 unspecified atom stereocenters. The Morgan fingerprint density at radius 1 is 1.19 bits per heavy atom. The Hall–Kier alpha value is -0.820. The fraction of sp³-hybridized carbons (Fsp3) is 0.929. The summed E-state index contributed by atoms with van der Waals surface area (Å²) >= 11 is 0. The summed E-state index contributed by atoms with van der Waals surface area (Å²) in [6, 6.07) is 0. The van der Waals surface area contributed by atoms with E-state index in [2.05, 4.69) is 27.3 Å². The van der Waals surface area contributed by atoms with Gasteiger partial charge in [-0.15, -0.1) is 0 Å². The molecule has 0 radical (unpaired) electrons. The Bertz CT molecular complexity index is 428. The van der Waals surface area contributed by atoms with Crippen LogP contribution in [0.3, 0.4) is 0 Å². The molecule has 0 spiro atoms. The maximum absolute atomic E-state index is 10.9. The van der Waals surface area contributed by atoms with Crippen molar-refractivity contribution in [3.63, 3.8) is 0 Å². The lowest BCUT2D eigenvalue weighted by atomic mass is 9.83. The summed E-state index contributed by atoms with van der Waals surface area (Å²) in [4.78, 5) is 4.22. The van der Waals surface area contributed by atoms with Gasteiger partial charge in [-0.3, -0.25) is 4.99 Å². The lowest BCUT2D eigenvalue weighted by Gasteiger charge is -2.28. The second-order valence-corrected chi connectivity index (χ2v) is 7.77. The minimum atomic E-state index is -3.09. The zero-order valence-corrected chi connectivity index (χ0v) is 14.4. The average molecular weight is 318 g/mol. The highest BCUT2D eigenvalue weighted by Crippen LogP contribution is 2.40. The van der Waals surface area contributed by atoms with Crippen molar-refractivity contribution in [1.29, 1.82) is 0 Å². The molecule has 21 heavy (non-hydrogen) atoms. The zero-order chi connectivity index (χ0) is 15.8. The second-order valence-electron chi connectivity index (χ2n) is 5.93. The van der Waals surface area contributed by atoms with Gasteiger partial charge in [0.25, 0.3) is 0 Å². The van der Waals surface area contributed by atoms with E-state index in [1.54, 1.807) is 7.05 Å². The van der Waals surface area contributed by atoms with E-state index in [0.29, 0.717) is 18.5 Å². The van der Waals surface area contributed by atoms with Crippen molar-refractivity contribution in [2.75, 3.05) is 32.9 Å². The fourth-order valence-electron chi connectivity index (χ4n) is 2.82. The van der Waals surface area contributed by atoms with Crippen LogP contribution in [0.4, 0.5) is 0 Å². The van der Waals surface area contributed by atoms with Crippen LogP contribution in [0.25, 0.3) is 0 Å². The van der Waals surface area contributed by atoms with E-state index >= 15 is 0 Å². The molecular formula is C14H30N4O2S. The highest BCUT2D eigenvalue weighted by atomic mass is 32.2. The fourth-order valence-corrected chi connectivity index (χ4v) is 3.34. The number of nitrogens with one attached hydrogen (secondary N) is 3. The van der Waals surface area contributed by atoms with Crippen LogP contribution in [-0.4, -0.2) is 47.3 Å². The Morgan fingerprint density at radius 2 is 1.86 bits per heavy atom. The van der Waals surface area contributed by atoms with E-state index in [4.69, 9.17) is 0 Å². The summed E-state index contributed by atoms with van der Waals surface area (Å²) in [5.41, 5.74) is 0.426. The summed E-state index contributed by atoms with van der Waals surface area (Å²) in [7, 11) is -1.33. The predicted octanol–water partition coefficient (Wildman–Crippen LogP) is 1.06. The zero-order valence-electron chi connectivity index (χ0n) is 13.5. The van der Waals surface area contributed by atoms with Gasteiger partial charge in [-0.1, -0.05) is 19.8 Å². The van der Waals surface area contributed by atoms with E-state index in [1.807, 2.05) is 0 Å². The first-order valence-electron chi connectivity index (χ1n) is 7.80. The van der Waals surface area contributed by atoms with E-state index < -0.39 is 10.0 Å². The van der Waals surface area contributed by atoms with Gasteiger partial charge >= 0.3 is 0 Å². The van der Waals surface area contributed by atoms with Crippen LogP contribution in [0, 0.1) is 5.41 Å². The Labute approximate surface area is 129 Å². The Balaban J connectivity index is 2.23. The molecule has 0 aromatic carbocycles. The smallest absolute Gasteiger partial charge is 0.208 e. The molecule has 0 aliphatic heterocycles. The molecule has 1 aliphatic rings. The Kier molecular flexibility index (Phi) is 7.45. The van der Waals surface area contributed by atoms with Crippen molar-refractivity contribution < 1.29 is 8.42 Å².